The summed E-state index contributed by atoms with van der Waals surface area (Å²) in [5.74, 6) is 0.711. The molecule has 1 unspecified atom stereocenters. The van der Waals surface area contributed by atoms with Crippen LogP contribution in [-0.2, 0) is 11.2 Å². The lowest BCUT2D eigenvalue weighted by molar-refractivity contribution is 0.136. The number of aromatic nitrogens is 3. The van der Waals surface area contributed by atoms with E-state index in [1.165, 1.54) is 37.9 Å². The van der Waals surface area contributed by atoms with Gasteiger partial charge in [-0.2, -0.15) is 5.10 Å². The van der Waals surface area contributed by atoms with Gasteiger partial charge >= 0.3 is 0 Å². The second kappa shape index (κ2) is 10.4. The number of benzene rings is 2. The fourth-order valence-electron chi connectivity index (χ4n) is 4.89. The van der Waals surface area contributed by atoms with E-state index in [1.54, 1.807) is 0 Å². The second-order valence-electron chi connectivity index (χ2n) is 9.61. The molecule has 0 amide bonds. The Kier molecular flexibility index (Phi) is 6.96. The average Bonchev–Trinajstić information content (AvgIpc) is 3.31. The lowest BCUT2D eigenvalue weighted by atomic mass is 10.0. The van der Waals surface area contributed by atoms with E-state index in [0.717, 1.165) is 46.4 Å². The number of fused-ring (bicyclic) bond motifs is 1. The van der Waals surface area contributed by atoms with Gasteiger partial charge in [0.1, 0.15) is 6.10 Å². The van der Waals surface area contributed by atoms with Crippen LogP contribution in [0.25, 0.3) is 27.9 Å². The Morgan fingerprint density at radius 2 is 1.80 bits per heavy atom. The molecule has 0 radical (unpaired) electrons. The monoisotopic (exact) mass is 466 g/mol. The summed E-state index contributed by atoms with van der Waals surface area (Å²) < 4.78 is 7.65. The number of nitrogens with zero attached hydrogens (tertiary/aromatic N) is 4. The van der Waals surface area contributed by atoms with Gasteiger partial charge in [-0.05, 0) is 74.5 Å². The van der Waals surface area contributed by atoms with Crippen molar-refractivity contribution in [2.45, 2.75) is 45.6 Å². The molecule has 1 fully saturated rings. The number of allylic oxidation sites excluding steroid dienone is 1. The SMILES string of the molecule is C=C(C)OC(C)c1cccc(-c2cnn3cc(-c4ccc(CCN5CCCCC5)cc4)cnc23)c1. The zero-order chi connectivity index (χ0) is 24.2. The number of piperidine rings is 1. The van der Waals surface area contributed by atoms with Gasteiger partial charge in [0.15, 0.2) is 5.65 Å². The highest BCUT2D eigenvalue weighted by molar-refractivity contribution is 5.78. The number of rotatable bonds is 8. The van der Waals surface area contributed by atoms with Crippen molar-refractivity contribution in [1.82, 2.24) is 19.5 Å². The highest BCUT2D eigenvalue weighted by Gasteiger charge is 2.13. The van der Waals surface area contributed by atoms with Crippen molar-refractivity contribution in [3.63, 3.8) is 0 Å². The summed E-state index contributed by atoms with van der Waals surface area (Å²) >= 11 is 0. The van der Waals surface area contributed by atoms with Crippen LogP contribution in [0, 0.1) is 0 Å². The van der Waals surface area contributed by atoms with E-state index < -0.39 is 0 Å². The van der Waals surface area contributed by atoms with Crippen molar-refractivity contribution in [2.75, 3.05) is 19.6 Å². The third-order valence-corrected chi connectivity index (χ3v) is 6.85. The maximum absolute atomic E-state index is 5.78. The van der Waals surface area contributed by atoms with Crippen LogP contribution in [0.4, 0.5) is 0 Å². The lowest BCUT2D eigenvalue weighted by Gasteiger charge is -2.26. The molecule has 2 aromatic heterocycles. The van der Waals surface area contributed by atoms with Gasteiger partial charge in [0.05, 0.1) is 12.0 Å². The molecule has 1 saturated heterocycles. The Balaban J connectivity index is 1.32. The Labute approximate surface area is 208 Å². The first-order chi connectivity index (χ1) is 17.1. The fraction of sp³-hybridized carbons (Fsp3) is 0.333. The first kappa shape index (κ1) is 23.3. The second-order valence-corrected chi connectivity index (χ2v) is 9.61. The zero-order valence-electron chi connectivity index (χ0n) is 20.8. The minimum absolute atomic E-state index is 0.0586. The molecular formula is C30H34N4O. The summed E-state index contributed by atoms with van der Waals surface area (Å²) in [5.41, 5.74) is 7.64. The normalized spacial score (nSPS) is 15.3. The van der Waals surface area contributed by atoms with Gasteiger partial charge in [-0.1, -0.05) is 55.5 Å². The van der Waals surface area contributed by atoms with Crippen LogP contribution < -0.4 is 0 Å². The Morgan fingerprint density at radius 3 is 2.57 bits per heavy atom. The van der Waals surface area contributed by atoms with E-state index in [2.05, 4.69) is 65.2 Å². The van der Waals surface area contributed by atoms with Gasteiger partial charge in [-0.15, -0.1) is 0 Å². The van der Waals surface area contributed by atoms with Crippen molar-refractivity contribution in [3.8, 4) is 22.3 Å². The largest absolute Gasteiger partial charge is 0.491 e. The molecule has 0 spiro atoms. The van der Waals surface area contributed by atoms with Gasteiger partial charge in [-0.3, -0.25) is 0 Å². The highest BCUT2D eigenvalue weighted by Crippen LogP contribution is 2.29. The standard InChI is InChI=1S/C30H34N4O/c1-22(2)35-23(3)26-8-7-9-27(18-26)29-20-32-34-21-28(19-31-30(29)34)25-12-10-24(11-13-25)14-17-33-15-5-4-6-16-33/h7-13,18-21,23H,1,4-6,14-17H2,2-3H3. The number of ether oxygens (including phenoxy) is 1. The summed E-state index contributed by atoms with van der Waals surface area (Å²) in [7, 11) is 0. The topological polar surface area (TPSA) is 42.7 Å². The Bertz CT molecular complexity index is 1300. The Hall–Kier alpha value is -3.44. The van der Waals surface area contributed by atoms with Crippen LogP contribution in [0.1, 0.15) is 50.3 Å². The molecule has 1 aliphatic rings. The van der Waals surface area contributed by atoms with Crippen LogP contribution in [0.2, 0.25) is 0 Å². The van der Waals surface area contributed by atoms with Crippen molar-refractivity contribution in [2.24, 2.45) is 0 Å². The van der Waals surface area contributed by atoms with E-state index in [1.807, 2.05) is 36.8 Å². The maximum atomic E-state index is 5.78. The highest BCUT2D eigenvalue weighted by atomic mass is 16.5. The molecule has 5 heteroatoms. The van der Waals surface area contributed by atoms with Gasteiger partial charge in [0.25, 0.3) is 0 Å². The average molecular weight is 467 g/mol. The van der Waals surface area contributed by atoms with Gasteiger partial charge in [0.2, 0.25) is 0 Å². The summed E-state index contributed by atoms with van der Waals surface area (Å²) in [4.78, 5) is 7.38. The van der Waals surface area contributed by atoms with Gasteiger partial charge in [-0.25, -0.2) is 9.50 Å². The first-order valence-corrected chi connectivity index (χ1v) is 12.6. The van der Waals surface area contributed by atoms with Gasteiger partial charge in [0, 0.05) is 30.1 Å². The molecule has 5 nitrogen and oxygen atoms in total. The maximum Gasteiger partial charge on any atom is 0.162 e. The van der Waals surface area contributed by atoms with Crippen molar-refractivity contribution < 1.29 is 4.74 Å². The summed E-state index contributed by atoms with van der Waals surface area (Å²) in [6, 6.07) is 17.2. The van der Waals surface area contributed by atoms with Gasteiger partial charge < -0.3 is 9.64 Å². The summed E-state index contributed by atoms with van der Waals surface area (Å²) in [6.07, 6.45) is 11.0. The van der Waals surface area contributed by atoms with Crippen LogP contribution in [0.5, 0.6) is 0 Å². The van der Waals surface area contributed by atoms with Crippen LogP contribution in [0.3, 0.4) is 0 Å². The third-order valence-electron chi connectivity index (χ3n) is 6.85. The quantitative estimate of drug-likeness (QED) is 0.271. The lowest BCUT2D eigenvalue weighted by Crippen LogP contribution is -2.31. The van der Waals surface area contributed by atoms with E-state index >= 15 is 0 Å². The minimum Gasteiger partial charge on any atom is -0.491 e. The molecule has 0 saturated carbocycles. The number of hydrogen-bond acceptors (Lipinski definition) is 4. The molecule has 180 valence electrons. The minimum atomic E-state index is -0.0586. The smallest absolute Gasteiger partial charge is 0.162 e. The molecule has 0 N–H and O–H groups in total. The molecule has 35 heavy (non-hydrogen) atoms. The van der Waals surface area contributed by atoms with E-state index in [9.17, 15) is 0 Å². The molecule has 0 bridgehead atoms. The summed E-state index contributed by atoms with van der Waals surface area (Å²) in [6.45, 7) is 11.4. The molecule has 0 aliphatic carbocycles. The molecule has 3 heterocycles. The molecular weight excluding hydrogens is 432 g/mol. The zero-order valence-corrected chi connectivity index (χ0v) is 20.8. The van der Waals surface area contributed by atoms with Crippen molar-refractivity contribution >= 4 is 5.65 Å². The predicted octanol–water partition coefficient (Wildman–Crippen LogP) is 6.70. The van der Waals surface area contributed by atoms with Crippen LogP contribution in [0.15, 0.2) is 79.5 Å². The third kappa shape index (κ3) is 5.46. The van der Waals surface area contributed by atoms with E-state index in [0.29, 0.717) is 5.76 Å². The molecule has 1 atom stereocenters. The molecule has 1 aliphatic heterocycles. The molecule has 4 aromatic rings. The number of likely N-dealkylation sites (tertiary alicyclic amines) is 1. The van der Waals surface area contributed by atoms with E-state index in [-0.39, 0.29) is 6.10 Å². The van der Waals surface area contributed by atoms with Crippen LogP contribution >= 0.6 is 0 Å². The Morgan fingerprint density at radius 1 is 1.00 bits per heavy atom. The number of hydrogen-bond donors (Lipinski definition) is 0. The molecule has 5 rings (SSSR count). The summed E-state index contributed by atoms with van der Waals surface area (Å²) in [5, 5.41) is 4.61. The first-order valence-electron chi connectivity index (χ1n) is 12.6. The van der Waals surface area contributed by atoms with E-state index in [4.69, 9.17) is 9.72 Å². The van der Waals surface area contributed by atoms with Crippen molar-refractivity contribution in [1.29, 1.82) is 0 Å². The molecule has 2 aromatic carbocycles. The fourth-order valence-corrected chi connectivity index (χ4v) is 4.89. The predicted molar refractivity (Wildman–Crippen MR) is 142 cm³/mol. The van der Waals surface area contributed by atoms with Crippen LogP contribution in [-0.4, -0.2) is 39.1 Å². The van der Waals surface area contributed by atoms with Crippen molar-refractivity contribution in [3.05, 3.63) is 90.6 Å².